The monoisotopic (exact) mass is 954 g/mol. The van der Waals surface area contributed by atoms with Gasteiger partial charge in [-0.1, -0.05) is 281 Å². The molecular formula is C62H115NO5. The van der Waals surface area contributed by atoms with Crippen molar-refractivity contribution in [2.75, 3.05) is 6.61 Å². The Balaban J connectivity index is 4.62. The zero-order valence-electron chi connectivity index (χ0n) is 45.5. The average Bonchev–Trinajstić information content (AvgIpc) is 3.33. The van der Waals surface area contributed by atoms with Crippen molar-refractivity contribution in [2.24, 2.45) is 0 Å². The molecule has 0 aliphatic heterocycles. The fourth-order valence-electron chi connectivity index (χ4n) is 9.13. The molecule has 0 rings (SSSR count). The fourth-order valence-corrected chi connectivity index (χ4v) is 9.13. The number of carbonyl (C=O) groups excluding carboxylic acids is 2. The normalized spacial score (nSPS) is 13.4. The minimum Gasteiger partial charge on any atom is -0.462 e. The molecule has 0 aromatic carbocycles. The molecule has 0 aromatic rings. The van der Waals surface area contributed by atoms with E-state index in [0.29, 0.717) is 19.3 Å². The second-order valence-corrected chi connectivity index (χ2v) is 20.4. The zero-order chi connectivity index (χ0) is 49.5. The predicted octanol–water partition coefficient (Wildman–Crippen LogP) is 18.6. The summed E-state index contributed by atoms with van der Waals surface area (Å²) in [7, 11) is 0. The van der Waals surface area contributed by atoms with E-state index >= 15 is 0 Å². The van der Waals surface area contributed by atoms with Crippen molar-refractivity contribution in [1.29, 1.82) is 0 Å². The number of allylic oxidation sites excluding steroid dienone is 8. The Kier molecular flexibility index (Phi) is 54.0. The molecule has 6 heteroatoms. The largest absolute Gasteiger partial charge is 0.462 e. The summed E-state index contributed by atoms with van der Waals surface area (Å²) in [6.45, 7) is 6.48. The maximum absolute atomic E-state index is 13.3. The van der Waals surface area contributed by atoms with Gasteiger partial charge in [-0.3, -0.25) is 9.59 Å². The molecule has 0 heterocycles. The van der Waals surface area contributed by atoms with Crippen molar-refractivity contribution in [3.63, 3.8) is 0 Å². The Bertz CT molecular complexity index is 1160. The number of nitrogens with one attached hydrogen (secondary N) is 1. The molecule has 1 amide bonds. The molecule has 0 spiro atoms. The van der Waals surface area contributed by atoms with E-state index in [1.165, 1.54) is 193 Å². The van der Waals surface area contributed by atoms with Crippen molar-refractivity contribution < 1.29 is 24.5 Å². The summed E-state index contributed by atoms with van der Waals surface area (Å²) in [5.41, 5.74) is 0. The van der Waals surface area contributed by atoms with Crippen LogP contribution in [0.25, 0.3) is 0 Å². The van der Waals surface area contributed by atoms with E-state index in [1.807, 2.05) is 0 Å². The van der Waals surface area contributed by atoms with Crippen molar-refractivity contribution in [2.45, 2.75) is 328 Å². The van der Waals surface area contributed by atoms with E-state index in [-0.39, 0.29) is 24.9 Å². The second-order valence-electron chi connectivity index (χ2n) is 20.4. The summed E-state index contributed by atoms with van der Waals surface area (Å²) in [5, 5.41) is 23.9. The summed E-state index contributed by atoms with van der Waals surface area (Å²) in [5.74, 6) is -0.513. The average molecular weight is 955 g/mol. The molecular weight excluding hydrogens is 839 g/mol. The lowest BCUT2D eigenvalue weighted by molar-refractivity contribution is -0.151. The fraction of sp³-hybridized carbons (Fsp3) is 0.839. The van der Waals surface area contributed by atoms with E-state index in [9.17, 15) is 19.8 Å². The van der Waals surface area contributed by atoms with Gasteiger partial charge in [0, 0.05) is 6.42 Å². The van der Waals surface area contributed by atoms with Gasteiger partial charge in [0.05, 0.1) is 25.2 Å². The smallest absolute Gasteiger partial charge is 0.306 e. The number of hydrogen-bond donors (Lipinski definition) is 3. The molecule has 0 aliphatic rings. The van der Waals surface area contributed by atoms with Gasteiger partial charge >= 0.3 is 5.97 Å². The van der Waals surface area contributed by atoms with Gasteiger partial charge in [-0.15, -0.1) is 0 Å². The molecule has 3 N–H and O–H groups in total. The van der Waals surface area contributed by atoms with Crippen LogP contribution >= 0.6 is 0 Å². The molecule has 0 aliphatic carbocycles. The number of hydrogen-bond acceptors (Lipinski definition) is 5. The third kappa shape index (κ3) is 50.2. The Morgan fingerprint density at radius 2 is 0.765 bits per heavy atom. The maximum atomic E-state index is 13.3. The van der Waals surface area contributed by atoms with Crippen LogP contribution in [-0.2, 0) is 14.3 Å². The maximum Gasteiger partial charge on any atom is 0.306 e. The first-order valence-corrected chi connectivity index (χ1v) is 29.9. The van der Waals surface area contributed by atoms with E-state index in [2.05, 4.69) is 74.7 Å². The summed E-state index contributed by atoms with van der Waals surface area (Å²) in [6.07, 6.45) is 69.0. The van der Waals surface area contributed by atoms with Gasteiger partial charge < -0.3 is 20.3 Å². The van der Waals surface area contributed by atoms with E-state index in [1.54, 1.807) is 0 Å². The number of unbranched alkanes of at least 4 members (excludes halogenated alkanes) is 34. The molecule has 398 valence electrons. The first-order valence-electron chi connectivity index (χ1n) is 29.9. The molecule has 0 aromatic heterocycles. The van der Waals surface area contributed by atoms with Crippen LogP contribution in [0.2, 0.25) is 0 Å². The molecule has 0 fully saturated rings. The Morgan fingerprint density at radius 3 is 1.16 bits per heavy atom. The highest BCUT2D eigenvalue weighted by Gasteiger charge is 2.24. The molecule has 3 unspecified atom stereocenters. The van der Waals surface area contributed by atoms with Crippen LogP contribution in [0.15, 0.2) is 48.6 Å². The van der Waals surface area contributed by atoms with Gasteiger partial charge in [-0.2, -0.15) is 0 Å². The molecule has 0 saturated carbocycles. The van der Waals surface area contributed by atoms with Crippen LogP contribution in [0.5, 0.6) is 0 Å². The van der Waals surface area contributed by atoms with Crippen molar-refractivity contribution in [1.82, 2.24) is 5.32 Å². The predicted molar refractivity (Wildman–Crippen MR) is 296 cm³/mol. The molecule has 0 bridgehead atoms. The zero-order valence-corrected chi connectivity index (χ0v) is 45.5. The van der Waals surface area contributed by atoms with Crippen LogP contribution in [0, 0.1) is 0 Å². The third-order valence-corrected chi connectivity index (χ3v) is 13.7. The number of aliphatic hydroxyl groups is 2. The van der Waals surface area contributed by atoms with Crippen LogP contribution in [0.1, 0.15) is 310 Å². The lowest BCUT2D eigenvalue weighted by Gasteiger charge is -2.24. The van der Waals surface area contributed by atoms with Crippen molar-refractivity contribution in [3.8, 4) is 0 Å². The van der Waals surface area contributed by atoms with Gasteiger partial charge in [0.15, 0.2) is 0 Å². The Morgan fingerprint density at radius 1 is 0.426 bits per heavy atom. The van der Waals surface area contributed by atoms with Crippen molar-refractivity contribution in [3.05, 3.63) is 48.6 Å². The molecule has 6 nitrogen and oxygen atoms in total. The third-order valence-electron chi connectivity index (χ3n) is 13.7. The molecule has 0 radical (unpaired) electrons. The van der Waals surface area contributed by atoms with Gasteiger partial charge in [-0.05, 0) is 64.2 Å². The summed E-state index contributed by atoms with van der Waals surface area (Å²) < 4.78 is 5.94. The Hall–Kier alpha value is -2.18. The minimum absolute atomic E-state index is 0.0432. The van der Waals surface area contributed by atoms with Crippen molar-refractivity contribution >= 4 is 11.9 Å². The standard InChI is InChI=1S/C62H115NO5/c1-4-7-10-13-16-19-22-25-28-30-33-35-38-41-44-47-50-53-58(68-62(67)55-52-49-46-43-40-37-34-31-29-26-23-20-17-14-11-8-5-2)56-61(66)63-59(57-64)60(65)54-51-48-45-42-39-36-32-27-24-21-18-15-12-9-6-3/h16,19,25,28,33,35,41,44,58-60,64-65H,4-15,17-18,20-24,26-27,29-32,34,36-40,42-43,45-57H2,1-3H3,(H,63,66)/b19-16-,28-25-,35-33-,44-41-. The second kappa shape index (κ2) is 55.7. The van der Waals surface area contributed by atoms with Crippen LogP contribution in [-0.4, -0.2) is 46.9 Å². The number of amides is 1. The first-order chi connectivity index (χ1) is 33.5. The lowest BCUT2D eigenvalue weighted by atomic mass is 10.0. The quantitative estimate of drug-likeness (QED) is 0.0321. The summed E-state index contributed by atoms with van der Waals surface area (Å²) >= 11 is 0. The van der Waals surface area contributed by atoms with Gasteiger partial charge in [0.2, 0.25) is 5.91 Å². The van der Waals surface area contributed by atoms with E-state index in [4.69, 9.17) is 4.74 Å². The minimum atomic E-state index is -0.802. The highest BCUT2D eigenvalue weighted by molar-refractivity contribution is 5.77. The number of rotatable bonds is 54. The van der Waals surface area contributed by atoms with E-state index in [0.717, 1.165) is 70.6 Å². The number of ether oxygens (including phenoxy) is 1. The van der Waals surface area contributed by atoms with Crippen LogP contribution in [0.3, 0.4) is 0 Å². The SMILES string of the molecule is CCCCC/C=C\C/C=C\C/C=C\C/C=C\CCCC(CC(=O)NC(CO)C(O)CCCCCCCCCCCCCCCCC)OC(=O)CCCCCCCCCCCCCCCCCCC. The van der Waals surface area contributed by atoms with Crippen LogP contribution < -0.4 is 5.32 Å². The highest BCUT2D eigenvalue weighted by Crippen LogP contribution is 2.18. The van der Waals surface area contributed by atoms with Crippen LogP contribution in [0.4, 0.5) is 0 Å². The van der Waals surface area contributed by atoms with Gasteiger partial charge in [-0.25, -0.2) is 0 Å². The first kappa shape index (κ1) is 65.8. The number of aliphatic hydroxyl groups excluding tert-OH is 2. The summed E-state index contributed by atoms with van der Waals surface area (Å²) in [4.78, 5) is 26.3. The van der Waals surface area contributed by atoms with Gasteiger partial charge in [0.1, 0.15) is 6.10 Å². The molecule has 3 atom stereocenters. The lowest BCUT2D eigenvalue weighted by Crippen LogP contribution is -2.46. The Labute approximate surface area is 423 Å². The summed E-state index contributed by atoms with van der Waals surface area (Å²) in [6, 6.07) is -0.718. The molecule has 68 heavy (non-hydrogen) atoms. The topological polar surface area (TPSA) is 95.9 Å². The molecule has 0 saturated heterocycles. The highest BCUT2D eigenvalue weighted by atomic mass is 16.5. The number of carbonyl (C=O) groups is 2. The van der Waals surface area contributed by atoms with Gasteiger partial charge in [0.25, 0.3) is 0 Å². The van der Waals surface area contributed by atoms with E-state index < -0.39 is 18.2 Å². The number of esters is 1.